The summed E-state index contributed by atoms with van der Waals surface area (Å²) >= 11 is 12.3. The van der Waals surface area contributed by atoms with Crippen LogP contribution in [-0.4, -0.2) is 10.1 Å². The standard InChI is InChI=1S/C24H19Cl2NO2/c25-18-10-13-20(21(26)15-18)23(28)24(22-7-4-14-27-22)29-19-11-8-17(9-12-19)16-5-2-1-3-6-16/h1-15,23-24,27-28H. The van der Waals surface area contributed by atoms with Crippen molar-refractivity contribution in [3.63, 3.8) is 0 Å². The molecule has 3 aromatic carbocycles. The summed E-state index contributed by atoms with van der Waals surface area (Å²) in [5.41, 5.74) is 3.52. The molecule has 2 unspecified atom stereocenters. The van der Waals surface area contributed by atoms with Crippen molar-refractivity contribution in [2.75, 3.05) is 0 Å². The minimum Gasteiger partial charge on any atom is -0.481 e. The van der Waals surface area contributed by atoms with Crippen molar-refractivity contribution in [3.8, 4) is 16.9 Å². The number of aliphatic hydroxyl groups is 1. The molecule has 0 radical (unpaired) electrons. The van der Waals surface area contributed by atoms with Gasteiger partial charge in [0.2, 0.25) is 0 Å². The first kappa shape index (κ1) is 19.6. The van der Waals surface area contributed by atoms with Crippen molar-refractivity contribution in [1.82, 2.24) is 4.98 Å². The molecular weight excluding hydrogens is 405 g/mol. The number of nitrogens with one attached hydrogen (secondary N) is 1. The van der Waals surface area contributed by atoms with Crippen molar-refractivity contribution in [3.05, 3.63) is 112 Å². The van der Waals surface area contributed by atoms with Gasteiger partial charge in [-0.05, 0) is 47.5 Å². The lowest BCUT2D eigenvalue weighted by molar-refractivity contribution is 0.0322. The zero-order valence-electron chi connectivity index (χ0n) is 15.4. The molecule has 0 bridgehead atoms. The fraction of sp³-hybridized carbons (Fsp3) is 0.0833. The number of ether oxygens (including phenoxy) is 1. The Morgan fingerprint density at radius 3 is 2.17 bits per heavy atom. The van der Waals surface area contributed by atoms with E-state index in [0.29, 0.717) is 21.4 Å². The third-order valence-corrected chi connectivity index (χ3v) is 5.28. The number of H-pyrrole nitrogens is 1. The van der Waals surface area contributed by atoms with Gasteiger partial charge >= 0.3 is 0 Å². The summed E-state index contributed by atoms with van der Waals surface area (Å²) in [5, 5.41) is 12.0. The molecule has 4 rings (SSSR count). The number of rotatable bonds is 6. The van der Waals surface area contributed by atoms with Crippen LogP contribution in [-0.2, 0) is 0 Å². The van der Waals surface area contributed by atoms with Gasteiger partial charge in [0.25, 0.3) is 0 Å². The van der Waals surface area contributed by atoms with E-state index in [0.717, 1.165) is 16.8 Å². The van der Waals surface area contributed by atoms with E-state index in [1.807, 2.05) is 54.6 Å². The molecule has 0 saturated carbocycles. The first-order valence-corrected chi connectivity index (χ1v) is 9.96. The smallest absolute Gasteiger partial charge is 0.168 e. The van der Waals surface area contributed by atoms with E-state index in [9.17, 15) is 5.11 Å². The van der Waals surface area contributed by atoms with Crippen LogP contribution in [0.4, 0.5) is 0 Å². The van der Waals surface area contributed by atoms with E-state index in [1.165, 1.54) is 0 Å². The van der Waals surface area contributed by atoms with Crippen LogP contribution in [0.15, 0.2) is 91.1 Å². The monoisotopic (exact) mass is 423 g/mol. The minimum absolute atomic E-state index is 0.393. The molecule has 0 amide bonds. The minimum atomic E-state index is -0.979. The number of aliphatic hydroxyl groups excluding tert-OH is 1. The van der Waals surface area contributed by atoms with Crippen LogP contribution in [0.5, 0.6) is 5.75 Å². The molecule has 0 aliphatic carbocycles. The Morgan fingerprint density at radius 2 is 1.52 bits per heavy atom. The summed E-state index contributed by atoms with van der Waals surface area (Å²) < 4.78 is 6.18. The van der Waals surface area contributed by atoms with Gasteiger partial charge in [0.1, 0.15) is 11.9 Å². The maximum Gasteiger partial charge on any atom is 0.168 e. The van der Waals surface area contributed by atoms with Gasteiger partial charge in [-0.2, -0.15) is 0 Å². The summed E-state index contributed by atoms with van der Waals surface area (Å²) in [6.07, 6.45) is 0.152. The third-order valence-electron chi connectivity index (χ3n) is 4.72. The van der Waals surface area contributed by atoms with Crippen LogP contribution in [0.3, 0.4) is 0 Å². The second-order valence-corrected chi connectivity index (χ2v) is 7.51. The van der Waals surface area contributed by atoms with E-state index in [2.05, 4.69) is 17.1 Å². The molecule has 1 heterocycles. The van der Waals surface area contributed by atoms with Gasteiger partial charge in [0, 0.05) is 21.8 Å². The molecule has 2 N–H and O–H groups in total. The number of hydrogen-bond donors (Lipinski definition) is 2. The van der Waals surface area contributed by atoms with E-state index >= 15 is 0 Å². The maximum absolute atomic E-state index is 11.0. The highest BCUT2D eigenvalue weighted by molar-refractivity contribution is 6.35. The highest BCUT2D eigenvalue weighted by atomic mass is 35.5. The Hall–Kier alpha value is -2.72. The molecule has 5 heteroatoms. The normalized spacial score (nSPS) is 13.1. The molecule has 29 heavy (non-hydrogen) atoms. The van der Waals surface area contributed by atoms with Gasteiger partial charge in [0.05, 0.1) is 5.69 Å². The van der Waals surface area contributed by atoms with Crippen LogP contribution < -0.4 is 4.74 Å². The number of aromatic amines is 1. The Bertz CT molecular complexity index is 1060. The van der Waals surface area contributed by atoms with E-state index in [1.54, 1.807) is 24.4 Å². The zero-order chi connectivity index (χ0) is 20.2. The highest BCUT2D eigenvalue weighted by Crippen LogP contribution is 2.37. The number of hydrogen-bond acceptors (Lipinski definition) is 2. The van der Waals surface area contributed by atoms with E-state index < -0.39 is 12.2 Å². The van der Waals surface area contributed by atoms with Gasteiger partial charge in [0.15, 0.2) is 6.10 Å². The van der Waals surface area contributed by atoms with Gasteiger partial charge in [-0.3, -0.25) is 0 Å². The van der Waals surface area contributed by atoms with Crippen molar-refractivity contribution >= 4 is 23.2 Å². The predicted octanol–water partition coefficient (Wildman–Crippen LogP) is 6.84. The Morgan fingerprint density at radius 1 is 0.793 bits per heavy atom. The molecule has 4 aromatic rings. The zero-order valence-corrected chi connectivity index (χ0v) is 16.9. The van der Waals surface area contributed by atoms with Gasteiger partial charge in [-0.25, -0.2) is 0 Å². The van der Waals surface area contributed by atoms with E-state index in [-0.39, 0.29) is 0 Å². The van der Waals surface area contributed by atoms with Gasteiger partial charge in [-0.1, -0.05) is 71.7 Å². The fourth-order valence-electron chi connectivity index (χ4n) is 3.23. The summed E-state index contributed by atoms with van der Waals surface area (Å²) in [5.74, 6) is 0.647. The second-order valence-electron chi connectivity index (χ2n) is 6.66. The lowest BCUT2D eigenvalue weighted by Gasteiger charge is -2.25. The maximum atomic E-state index is 11.0. The topological polar surface area (TPSA) is 45.2 Å². The number of halogens is 2. The molecule has 0 aliphatic heterocycles. The Labute approximate surface area is 179 Å². The number of aromatic nitrogens is 1. The van der Waals surface area contributed by atoms with Crippen LogP contribution in [0.1, 0.15) is 23.5 Å². The number of benzene rings is 3. The summed E-state index contributed by atoms with van der Waals surface area (Å²) in [7, 11) is 0. The lowest BCUT2D eigenvalue weighted by Crippen LogP contribution is -2.18. The lowest BCUT2D eigenvalue weighted by atomic mass is 10.0. The molecular formula is C24H19Cl2NO2. The van der Waals surface area contributed by atoms with Crippen LogP contribution >= 0.6 is 23.2 Å². The van der Waals surface area contributed by atoms with Crippen molar-refractivity contribution < 1.29 is 9.84 Å². The molecule has 0 fully saturated rings. The Kier molecular flexibility index (Phi) is 5.91. The van der Waals surface area contributed by atoms with Crippen molar-refractivity contribution in [2.24, 2.45) is 0 Å². The molecule has 146 valence electrons. The van der Waals surface area contributed by atoms with Crippen molar-refractivity contribution in [2.45, 2.75) is 12.2 Å². The SMILES string of the molecule is OC(c1ccc(Cl)cc1Cl)C(Oc1ccc(-c2ccccc2)cc1)c1ccc[nH]1. The summed E-state index contributed by atoms with van der Waals surface area (Å²) in [6, 6.07) is 26.7. The first-order chi connectivity index (χ1) is 14.1. The summed E-state index contributed by atoms with van der Waals surface area (Å²) in [6.45, 7) is 0. The van der Waals surface area contributed by atoms with E-state index in [4.69, 9.17) is 27.9 Å². The summed E-state index contributed by atoms with van der Waals surface area (Å²) in [4.78, 5) is 3.12. The molecule has 0 spiro atoms. The van der Waals surface area contributed by atoms with Gasteiger partial charge < -0.3 is 14.8 Å². The Balaban J connectivity index is 1.61. The molecule has 1 aromatic heterocycles. The first-order valence-electron chi connectivity index (χ1n) is 9.20. The second kappa shape index (κ2) is 8.75. The molecule has 0 aliphatic rings. The largest absolute Gasteiger partial charge is 0.481 e. The van der Waals surface area contributed by atoms with Crippen molar-refractivity contribution in [1.29, 1.82) is 0 Å². The molecule has 2 atom stereocenters. The average molecular weight is 424 g/mol. The van der Waals surface area contributed by atoms with Crippen LogP contribution in [0.2, 0.25) is 10.0 Å². The third kappa shape index (κ3) is 4.48. The fourth-order valence-corrected chi connectivity index (χ4v) is 3.75. The molecule has 3 nitrogen and oxygen atoms in total. The van der Waals surface area contributed by atoms with Gasteiger partial charge in [-0.15, -0.1) is 0 Å². The van der Waals surface area contributed by atoms with Crippen LogP contribution in [0.25, 0.3) is 11.1 Å². The highest BCUT2D eigenvalue weighted by Gasteiger charge is 2.27. The average Bonchev–Trinajstić information content (AvgIpc) is 3.27. The molecule has 0 saturated heterocycles. The quantitative estimate of drug-likeness (QED) is 0.356. The van der Waals surface area contributed by atoms with Crippen LogP contribution in [0, 0.1) is 0 Å². The predicted molar refractivity (Wildman–Crippen MR) is 117 cm³/mol.